The summed E-state index contributed by atoms with van der Waals surface area (Å²) < 4.78 is 13.9. The van der Waals surface area contributed by atoms with Crippen molar-refractivity contribution in [3.05, 3.63) is 35.0 Å². The smallest absolute Gasteiger partial charge is 0.265 e. The van der Waals surface area contributed by atoms with Gasteiger partial charge in [-0.05, 0) is 30.2 Å². The summed E-state index contributed by atoms with van der Waals surface area (Å²) in [6.45, 7) is 1.31. The molecule has 1 aliphatic heterocycles. The Morgan fingerprint density at radius 1 is 1.36 bits per heavy atom. The minimum absolute atomic E-state index is 0.279. The summed E-state index contributed by atoms with van der Waals surface area (Å²) in [6.07, 6.45) is 2.52. The number of aryl methyl sites for hydroxylation is 1. The molecule has 6 heteroatoms. The van der Waals surface area contributed by atoms with E-state index >= 15 is 0 Å². The molecule has 0 bridgehead atoms. The van der Waals surface area contributed by atoms with Gasteiger partial charge in [0.15, 0.2) is 5.79 Å². The van der Waals surface area contributed by atoms with Crippen LogP contribution in [-0.2, 0) is 29.4 Å². The number of hydrogen-bond acceptors (Lipinski definition) is 4. The Morgan fingerprint density at radius 2 is 2.14 bits per heavy atom. The van der Waals surface area contributed by atoms with Gasteiger partial charge in [-0.2, -0.15) is 0 Å². The van der Waals surface area contributed by atoms with E-state index in [-0.39, 0.29) is 5.91 Å². The number of nitrogens with one attached hydrogen (secondary N) is 1. The van der Waals surface area contributed by atoms with Gasteiger partial charge < -0.3 is 14.0 Å². The summed E-state index contributed by atoms with van der Waals surface area (Å²) >= 11 is 0. The number of hydrogen-bond donors (Lipinski definition) is 2. The van der Waals surface area contributed by atoms with E-state index in [9.17, 15) is 4.79 Å². The Labute approximate surface area is 128 Å². The molecule has 3 N–H and O–H groups in total. The van der Waals surface area contributed by atoms with Gasteiger partial charge in [0, 0.05) is 42.0 Å². The van der Waals surface area contributed by atoms with Crippen LogP contribution in [0.1, 0.15) is 28.0 Å². The molecule has 2 heterocycles. The fourth-order valence-electron chi connectivity index (χ4n) is 3.72. The number of aromatic nitrogens is 1. The van der Waals surface area contributed by atoms with Crippen molar-refractivity contribution in [3.8, 4) is 0 Å². The maximum Gasteiger partial charge on any atom is 0.265 e. The highest BCUT2D eigenvalue weighted by atomic mass is 16.7. The third kappa shape index (κ3) is 1.88. The van der Waals surface area contributed by atoms with Gasteiger partial charge in [0.1, 0.15) is 0 Å². The molecule has 1 aromatic heterocycles. The molecule has 1 aromatic carbocycles. The van der Waals surface area contributed by atoms with Crippen molar-refractivity contribution in [1.29, 1.82) is 0 Å². The van der Waals surface area contributed by atoms with E-state index in [1.54, 1.807) is 6.07 Å². The van der Waals surface area contributed by atoms with Crippen molar-refractivity contribution in [3.63, 3.8) is 0 Å². The molecular formula is C16H19N3O3. The molecule has 0 atom stereocenters. The van der Waals surface area contributed by atoms with E-state index in [1.165, 1.54) is 11.3 Å². The Bertz CT molecular complexity index is 760. The number of amides is 1. The van der Waals surface area contributed by atoms with Crippen molar-refractivity contribution >= 4 is 16.8 Å². The van der Waals surface area contributed by atoms with Gasteiger partial charge in [0.25, 0.3) is 5.91 Å². The Balaban J connectivity index is 1.86. The van der Waals surface area contributed by atoms with Crippen molar-refractivity contribution in [2.24, 2.45) is 12.9 Å². The van der Waals surface area contributed by atoms with Gasteiger partial charge in [-0.25, -0.2) is 5.84 Å². The molecule has 22 heavy (non-hydrogen) atoms. The molecule has 0 saturated carbocycles. The van der Waals surface area contributed by atoms with Crippen LogP contribution in [0.3, 0.4) is 0 Å². The van der Waals surface area contributed by atoms with Crippen LogP contribution >= 0.6 is 0 Å². The third-order valence-corrected chi connectivity index (χ3v) is 4.83. The quantitative estimate of drug-likeness (QED) is 0.468. The lowest BCUT2D eigenvalue weighted by molar-refractivity contribution is -0.163. The number of carbonyl (C=O) groups excluding carboxylic acids is 1. The molecule has 1 fully saturated rings. The van der Waals surface area contributed by atoms with Crippen molar-refractivity contribution < 1.29 is 14.3 Å². The highest BCUT2D eigenvalue weighted by Crippen LogP contribution is 2.39. The molecule has 2 aromatic rings. The van der Waals surface area contributed by atoms with Crippen LogP contribution in [-0.4, -0.2) is 29.5 Å². The van der Waals surface area contributed by atoms with Gasteiger partial charge in [0.2, 0.25) is 0 Å². The Kier molecular flexibility index (Phi) is 3.00. The molecule has 4 rings (SSSR count). The standard InChI is InChI=1S/C16H19N3O3/c1-19-13-3-2-10(15(20)18-17)8-11(13)12-9-16(5-4-14(12)19)21-6-7-22-16/h2-3,8H,4-7,9,17H2,1H3,(H,18,20). The topological polar surface area (TPSA) is 78.5 Å². The van der Waals surface area contributed by atoms with E-state index in [1.807, 2.05) is 12.1 Å². The van der Waals surface area contributed by atoms with E-state index in [0.29, 0.717) is 18.8 Å². The molecule has 6 nitrogen and oxygen atoms in total. The molecule has 1 aliphatic carbocycles. The van der Waals surface area contributed by atoms with Crippen molar-refractivity contribution in [2.75, 3.05) is 13.2 Å². The zero-order chi connectivity index (χ0) is 15.3. The molecule has 2 aliphatic rings. The summed E-state index contributed by atoms with van der Waals surface area (Å²) in [6, 6.07) is 5.68. The summed E-state index contributed by atoms with van der Waals surface area (Å²) in [5.74, 6) is 4.48. The van der Waals surface area contributed by atoms with Crippen LogP contribution in [0.4, 0.5) is 0 Å². The Morgan fingerprint density at radius 3 is 2.86 bits per heavy atom. The second-order valence-electron chi connectivity index (χ2n) is 5.97. The normalized spacial score (nSPS) is 19.5. The first kappa shape index (κ1) is 13.8. The lowest BCUT2D eigenvalue weighted by atomic mass is 9.90. The van der Waals surface area contributed by atoms with Crippen LogP contribution in [0.15, 0.2) is 18.2 Å². The molecule has 0 unspecified atom stereocenters. The van der Waals surface area contributed by atoms with Crippen molar-refractivity contribution in [1.82, 2.24) is 9.99 Å². The van der Waals surface area contributed by atoms with E-state index < -0.39 is 5.79 Å². The summed E-state index contributed by atoms with van der Waals surface area (Å²) in [5, 5.41) is 1.08. The summed E-state index contributed by atoms with van der Waals surface area (Å²) in [4.78, 5) is 11.8. The predicted octanol–water partition coefficient (Wildman–Crippen LogP) is 1.01. The highest BCUT2D eigenvalue weighted by Gasteiger charge is 2.41. The van der Waals surface area contributed by atoms with Crippen LogP contribution in [0.25, 0.3) is 10.9 Å². The highest BCUT2D eigenvalue weighted by molar-refractivity contribution is 5.99. The zero-order valence-electron chi connectivity index (χ0n) is 12.5. The minimum atomic E-state index is -0.479. The molecule has 1 spiro atoms. The first-order chi connectivity index (χ1) is 10.6. The first-order valence-electron chi connectivity index (χ1n) is 7.53. The second kappa shape index (κ2) is 4.81. The third-order valence-electron chi connectivity index (χ3n) is 4.83. The van der Waals surface area contributed by atoms with Crippen molar-refractivity contribution in [2.45, 2.75) is 25.0 Å². The van der Waals surface area contributed by atoms with Crippen LogP contribution in [0.5, 0.6) is 0 Å². The van der Waals surface area contributed by atoms with Gasteiger partial charge in [0.05, 0.1) is 13.2 Å². The number of hydrazine groups is 1. The zero-order valence-corrected chi connectivity index (χ0v) is 12.5. The Hall–Kier alpha value is -1.89. The minimum Gasteiger partial charge on any atom is -0.347 e. The number of carbonyl (C=O) groups is 1. The first-order valence-corrected chi connectivity index (χ1v) is 7.53. The number of nitrogens with zero attached hydrogens (tertiary/aromatic N) is 1. The molecule has 1 saturated heterocycles. The van der Waals surface area contributed by atoms with Crippen LogP contribution < -0.4 is 11.3 Å². The predicted molar refractivity (Wildman–Crippen MR) is 81.2 cm³/mol. The van der Waals surface area contributed by atoms with E-state index in [0.717, 1.165) is 30.2 Å². The average Bonchev–Trinajstić information content (AvgIpc) is 3.10. The number of benzene rings is 1. The monoisotopic (exact) mass is 301 g/mol. The van der Waals surface area contributed by atoms with Gasteiger partial charge in [-0.3, -0.25) is 10.2 Å². The van der Waals surface area contributed by atoms with E-state index in [2.05, 4.69) is 17.0 Å². The lowest BCUT2D eigenvalue weighted by Crippen LogP contribution is -2.37. The van der Waals surface area contributed by atoms with Gasteiger partial charge in [-0.1, -0.05) is 0 Å². The average molecular weight is 301 g/mol. The maximum absolute atomic E-state index is 11.8. The maximum atomic E-state index is 11.8. The number of nitrogen functional groups attached to an aromatic ring is 1. The fourth-order valence-corrected chi connectivity index (χ4v) is 3.72. The number of ether oxygens (including phenoxy) is 2. The van der Waals surface area contributed by atoms with Crippen LogP contribution in [0.2, 0.25) is 0 Å². The van der Waals surface area contributed by atoms with Gasteiger partial charge in [-0.15, -0.1) is 0 Å². The molecular weight excluding hydrogens is 282 g/mol. The summed E-state index contributed by atoms with van der Waals surface area (Å²) in [7, 11) is 2.07. The molecule has 0 radical (unpaired) electrons. The molecule has 116 valence electrons. The fraction of sp³-hybridized carbons (Fsp3) is 0.438. The molecule has 1 amide bonds. The van der Waals surface area contributed by atoms with E-state index in [4.69, 9.17) is 15.3 Å². The number of nitrogens with two attached hydrogens (primary N) is 1. The van der Waals surface area contributed by atoms with Gasteiger partial charge >= 0.3 is 0 Å². The number of rotatable bonds is 1. The number of fused-ring (bicyclic) bond motifs is 3. The summed E-state index contributed by atoms with van der Waals surface area (Å²) in [5.41, 5.74) is 6.39. The lowest BCUT2D eigenvalue weighted by Gasteiger charge is -2.32. The largest absolute Gasteiger partial charge is 0.347 e. The second-order valence-corrected chi connectivity index (χ2v) is 5.97. The van der Waals surface area contributed by atoms with Crippen LogP contribution in [0, 0.1) is 0 Å². The SMILES string of the molecule is Cn1c2c(c3cc(C(=O)NN)ccc31)CC1(CC2)OCCO1.